The van der Waals surface area contributed by atoms with Gasteiger partial charge in [0.2, 0.25) is 0 Å². The van der Waals surface area contributed by atoms with Crippen LogP contribution in [0.2, 0.25) is 0 Å². The average molecular weight is 252 g/mol. The molecular formula is C12H16N2O2S. The molecule has 0 fully saturated rings. The van der Waals surface area contributed by atoms with E-state index in [0.29, 0.717) is 28.8 Å². The van der Waals surface area contributed by atoms with Crippen molar-refractivity contribution in [2.75, 3.05) is 6.54 Å². The quantitative estimate of drug-likeness (QED) is 0.891. The average Bonchev–Trinajstić information content (AvgIpc) is 2.51. The molecule has 17 heavy (non-hydrogen) atoms. The lowest BCUT2D eigenvalue weighted by Gasteiger charge is -2.01. The molecule has 1 aliphatic rings. The number of amidine groups is 1. The van der Waals surface area contributed by atoms with Gasteiger partial charge in [-0.3, -0.25) is 9.71 Å². The first kappa shape index (κ1) is 12.1. The number of rotatable bonds is 3. The minimum Gasteiger partial charge on any atom is -0.267 e. The van der Waals surface area contributed by atoms with E-state index in [0.717, 1.165) is 6.42 Å². The number of sulfonamides is 1. The standard InChI is InChI=1S/C12H16N2O2S/c1-9(2)7-8-13-12-10-5-3-4-6-11(10)17(15,16)14-12/h3-6,9H,7-8H2,1-2H3,(H,13,14). The normalized spacial score (nSPS) is 19.4. The fraction of sp³-hybridized carbons (Fsp3) is 0.417. The summed E-state index contributed by atoms with van der Waals surface area (Å²) in [6, 6.07) is 6.91. The first-order valence-electron chi connectivity index (χ1n) is 5.67. The van der Waals surface area contributed by atoms with Gasteiger partial charge in [-0.25, -0.2) is 8.42 Å². The highest BCUT2D eigenvalue weighted by molar-refractivity contribution is 7.90. The Bertz CT molecular complexity index is 547. The molecule has 0 saturated heterocycles. The molecule has 0 saturated carbocycles. The molecule has 0 unspecified atom stereocenters. The molecule has 0 aromatic heterocycles. The molecule has 5 heteroatoms. The van der Waals surface area contributed by atoms with Crippen LogP contribution in [0.3, 0.4) is 0 Å². The lowest BCUT2D eigenvalue weighted by atomic mass is 10.1. The molecular weight excluding hydrogens is 236 g/mol. The first-order chi connectivity index (χ1) is 8.00. The van der Waals surface area contributed by atoms with Crippen LogP contribution < -0.4 is 4.72 Å². The summed E-state index contributed by atoms with van der Waals surface area (Å²) in [7, 11) is -3.39. The third-order valence-corrected chi connectivity index (χ3v) is 4.04. The largest absolute Gasteiger partial charge is 0.267 e. The maximum atomic E-state index is 11.8. The number of hydrogen-bond donors (Lipinski definition) is 1. The van der Waals surface area contributed by atoms with Crippen molar-refractivity contribution in [3.63, 3.8) is 0 Å². The van der Waals surface area contributed by atoms with Gasteiger partial charge in [-0.15, -0.1) is 0 Å². The van der Waals surface area contributed by atoms with E-state index in [2.05, 4.69) is 23.6 Å². The van der Waals surface area contributed by atoms with Crippen molar-refractivity contribution in [2.45, 2.75) is 25.2 Å². The third-order valence-electron chi connectivity index (χ3n) is 2.64. The fourth-order valence-corrected chi connectivity index (χ4v) is 2.94. The number of aliphatic imine (C=N–C) groups is 1. The second-order valence-electron chi connectivity index (χ2n) is 4.51. The van der Waals surface area contributed by atoms with Gasteiger partial charge < -0.3 is 0 Å². The van der Waals surface area contributed by atoms with Crippen molar-refractivity contribution in [2.24, 2.45) is 10.9 Å². The highest BCUT2D eigenvalue weighted by Crippen LogP contribution is 2.22. The van der Waals surface area contributed by atoms with E-state index in [1.54, 1.807) is 18.2 Å². The predicted octanol–water partition coefficient (Wildman–Crippen LogP) is 1.77. The van der Waals surface area contributed by atoms with E-state index >= 15 is 0 Å². The number of nitrogens with zero attached hydrogens (tertiary/aromatic N) is 1. The summed E-state index contributed by atoms with van der Waals surface area (Å²) in [5, 5.41) is 0. The molecule has 0 radical (unpaired) electrons. The van der Waals surface area contributed by atoms with Gasteiger partial charge in [0.25, 0.3) is 10.0 Å². The van der Waals surface area contributed by atoms with Crippen LogP contribution >= 0.6 is 0 Å². The maximum Gasteiger partial charge on any atom is 0.263 e. The summed E-state index contributed by atoms with van der Waals surface area (Å²) in [5.74, 6) is 1.04. The van der Waals surface area contributed by atoms with E-state index in [1.165, 1.54) is 0 Å². The summed E-state index contributed by atoms with van der Waals surface area (Å²) in [5.41, 5.74) is 0.677. The topological polar surface area (TPSA) is 58.5 Å². The van der Waals surface area contributed by atoms with Crippen LogP contribution in [-0.4, -0.2) is 20.8 Å². The molecule has 0 aliphatic carbocycles. The highest BCUT2D eigenvalue weighted by atomic mass is 32.2. The first-order valence-corrected chi connectivity index (χ1v) is 7.15. The van der Waals surface area contributed by atoms with Gasteiger partial charge >= 0.3 is 0 Å². The Morgan fingerprint density at radius 2 is 2.00 bits per heavy atom. The van der Waals surface area contributed by atoms with Gasteiger partial charge in [0, 0.05) is 12.1 Å². The van der Waals surface area contributed by atoms with Crippen molar-refractivity contribution in [1.82, 2.24) is 4.72 Å². The zero-order valence-electron chi connectivity index (χ0n) is 9.97. The Labute approximate surface area is 102 Å². The summed E-state index contributed by atoms with van der Waals surface area (Å²) in [6.07, 6.45) is 0.952. The summed E-state index contributed by atoms with van der Waals surface area (Å²) >= 11 is 0. The zero-order chi connectivity index (χ0) is 12.5. The third kappa shape index (κ3) is 2.49. The second kappa shape index (κ2) is 4.49. The Morgan fingerprint density at radius 3 is 2.71 bits per heavy atom. The molecule has 0 spiro atoms. The lowest BCUT2D eigenvalue weighted by molar-refractivity contribution is 0.593. The molecule has 1 aromatic rings. The molecule has 2 rings (SSSR count). The molecule has 0 bridgehead atoms. The molecule has 1 heterocycles. The van der Waals surface area contributed by atoms with Crippen LogP contribution in [0.1, 0.15) is 25.8 Å². The molecule has 1 N–H and O–H groups in total. The molecule has 4 nitrogen and oxygen atoms in total. The predicted molar refractivity (Wildman–Crippen MR) is 67.6 cm³/mol. The van der Waals surface area contributed by atoms with Crippen LogP contribution in [0.25, 0.3) is 0 Å². The van der Waals surface area contributed by atoms with Gasteiger partial charge in [0.1, 0.15) is 5.84 Å². The summed E-state index contributed by atoms with van der Waals surface area (Å²) in [4.78, 5) is 4.65. The van der Waals surface area contributed by atoms with Gasteiger partial charge in [-0.1, -0.05) is 26.0 Å². The molecule has 0 atom stereocenters. The van der Waals surface area contributed by atoms with Crippen LogP contribution in [0, 0.1) is 5.92 Å². The van der Waals surface area contributed by atoms with Crippen molar-refractivity contribution < 1.29 is 8.42 Å². The van der Waals surface area contributed by atoms with Gasteiger partial charge in [0.15, 0.2) is 0 Å². The fourth-order valence-electron chi connectivity index (χ4n) is 1.69. The van der Waals surface area contributed by atoms with E-state index in [1.807, 2.05) is 6.07 Å². The number of nitrogens with one attached hydrogen (secondary N) is 1. The van der Waals surface area contributed by atoms with Crippen molar-refractivity contribution in [3.8, 4) is 0 Å². The molecule has 0 amide bonds. The molecule has 1 aliphatic heterocycles. The number of benzene rings is 1. The van der Waals surface area contributed by atoms with Crippen molar-refractivity contribution >= 4 is 15.9 Å². The Hall–Kier alpha value is -1.36. The van der Waals surface area contributed by atoms with Crippen LogP contribution in [0.4, 0.5) is 0 Å². The van der Waals surface area contributed by atoms with E-state index in [-0.39, 0.29) is 0 Å². The van der Waals surface area contributed by atoms with Gasteiger partial charge in [-0.05, 0) is 24.5 Å². The van der Waals surface area contributed by atoms with Gasteiger partial charge in [-0.2, -0.15) is 0 Å². The smallest absolute Gasteiger partial charge is 0.263 e. The monoisotopic (exact) mass is 252 g/mol. The van der Waals surface area contributed by atoms with Gasteiger partial charge in [0.05, 0.1) is 4.90 Å². The maximum absolute atomic E-state index is 11.8. The lowest BCUT2D eigenvalue weighted by Crippen LogP contribution is -2.22. The van der Waals surface area contributed by atoms with E-state index in [4.69, 9.17) is 0 Å². The number of hydrogen-bond acceptors (Lipinski definition) is 3. The SMILES string of the molecule is CC(C)CCN=C1NS(=O)(=O)c2ccccc21. The highest BCUT2D eigenvalue weighted by Gasteiger charge is 2.29. The van der Waals surface area contributed by atoms with Crippen molar-refractivity contribution in [3.05, 3.63) is 29.8 Å². The van der Waals surface area contributed by atoms with E-state index < -0.39 is 10.0 Å². The zero-order valence-corrected chi connectivity index (χ0v) is 10.8. The Morgan fingerprint density at radius 1 is 1.29 bits per heavy atom. The Balaban J connectivity index is 2.29. The van der Waals surface area contributed by atoms with Crippen LogP contribution in [0.5, 0.6) is 0 Å². The minimum absolute atomic E-state index is 0.322. The summed E-state index contributed by atoms with van der Waals surface area (Å²) < 4.78 is 26.0. The number of fused-ring (bicyclic) bond motifs is 1. The van der Waals surface area contributed by atoms with Crippen LogP contribution in [-0.2, 0) is 10.0 Å². The van der Waals surface area contributed by atoms with E-state index in [9.17, 15) is 8.42 Å². The second-order valence-corrected chi connectivity index (χ2v) is 6.17. The molecule has 92 valence electrons. The minimum atomic E-state index is -3.39. The van der Waals surface area contributed by atoms with Crippen LogP contribution in [0.15, 0.2) is 34.2 Å². The van der Waals surface area contributed by atoms with Crippen molar-refractivity contribution in [1.29, 1.82) is 0 Å². The Kier molecular flexibility index (Phi) is 3.19. The molecule has 1 aromatic carbocycles. The summed E-state index contributed by atoms with van der Waals surface area (Å²) in [6.45, 7) is 4.88.